The van der Waals surface area contributed by atoms with Crippen LogP contribution in [-0.4, -0.2) is 84.4 Å². The second kappa shape index (κ2) is 16.6. The lowest BCUT2D eigenvalue weighted by Crippen LogP contribution is -2.40. The van der Waals surface area contributed by atoms with E-state index in [2.05, 4.69) is 20.0 Å². The number of halogens is 1. The number of hydrogen-bond acceptors (Lipinski definition) is 14. The van der Waals surface area contributed by atoms with Crippen molar-refractivity contribution in [3.63, 3.8) is 0 Å². The number of imidazole rings is 1. The number of esters is 1. The smallest absolute Gasteiger partial charge is 0.405 e. The van der Waals surface area contributed by atoms with E-state index in [1.807, 2.05) is 44.2 Å². The minimum absolute atomic E-state index is 0.0532. The molecule has 0 spiro atoms. The number of benzene rings is 1. The van der Waals surface area contributed by atoms with Crippen LogP contribution in [0, 0.1) is 11.3 Å². The maximum atomic E-state index is 14.0. The van der Waals surface area contributed by atoms with Crippen molar-refractivity contribution in [3.8, 4) is 0 Å². The quantitative estimate of drug-likeness (QED) is 0.0670. The van der Waals surface area contributed by atoms with Crippen molar-refractivity contribution < 1.29 is 37.8 Å². The van der Waals surface area contributed by atoms with Crippen molar-refractivity contribution in [2.45, 2.75) is 76.9 Å². The fourth-order valence-electron chi connectivity index (χ4n) is 4.84. The molecular formula is C31H45ClN7O8PS. The molecule has 1 aromatic carbocycles. The van der Waals surface area contributed by atoms with Crippen LogP contribution in [0.15, 0.2) is 43.0 Å². The van der Waals surface area contributed by atoms with Gasteiger partial charge in [0.15, 0.2) is 22.8 Å². The molecule has 15 nitrogen and oxygen atoms in total. The lowest BCUT2D eigenvalue weighted by molar-refractivity contribution is -0.147. The number of anilines is 1. The molecule has 3 aromatic rings. The summed E-state index contributed by atoms with van der Waals surface area (Å²) in [6.45, 7) is 8.53. The molecule has 0 bridgehead atoms. The van der Waals surface area contributed by atoms with Gasteiger partial charge >= 0.3 is 13.7 Å². The second-order valence-corrected chi connectivity index (χ2v) is 16.6. The molecule has 1 saturated heterocycles. The summed E-state index contributed by atoms with van der Waals surface area (Å²) in [5.74, 6) is -0.220. The molecule has 4 rings (SSSR count). The van der Waals surface area contributed by atoms with Gasteiger partial charge in [-0.1, -0.05) is 69.8 Å². The third-order valence-electron chi connectivity index (χ3n) is 8.18. The summed E-state index contributed by atoms with van der Waals surface area (Å²) in [5, 5.41) is 13.9. The number of carbonyl (C=O) groups excluding carboxylic acids is 2. The monoisotopic (exact) mass is 741 g/mol. The average molecular weight is 742 g/mol. The molecule has 0 radical (unpaired) electrons. The van der Waals surface area contributed by atoms with E-state index in [4.69, 9.17) is 41.6 Å². The number of nitrogens with one attached hydrogen (secondary N) is 1. The van der Waals surface area contributed by atoms with E-state index >= 15 is 0 Å². The Hall–Kier alpha value is -2.66. The lowest BCUT2D eigenvalue weighted by atomic mass is 9.91. The highest BCUT2D eigenvalue weighted by Crippen LogP contribution is 2.48. The zero-order valence-electron chi connectivity index (χ0n) is 28.2. The number of aliphatic hydroxyl groups excluding tert-OH is 1. The molecule has 0 saturated carbocycles. The Bertz CT molecular complexity index is 1630. The van der Waals surface area contributed by atoms with E-state index in [0.717, 1.165) is 17.3 Å². The van der Waals surface area contributed by atoms with Gasteiger partial charge in [-0.2, -0.15) is 0 Å². The van der Waals surface area contributed by atoms with E-state index in [-0.39, 0.29) is 49.0 Å². The largest absolute Gasteiger partial charge is 0.464 e. The Morgan fingerprint density at radius 2 is 1.92 bits per heavy atom. The first-order valence-corrected chi connectivity index (χ1v) is 18.7. The van der Waals surface area contributed by atoms with Crippen molar-refractivity contribution in [1.82, 2.24) is 24.6 Å². The highest BCUT2D eigenvalue weighted by Gasteiger charge is 2.54. The van der Waals surface area contributed by atoms with E-state index in [1.165, 1.54) is 12.7 Å². The maximum absolute atomic E-state index is 14.0. The van der Waals surface area contributed by atoms with E-state index in [1.54, 1.807) is 25.3 Å². The molecule has 1 aliphatic heterocycles. The molecular weight excluding hydrogens is 697 g/mol. The summed E-state index contributed by atoms with van der Waals surface area (Å²) in [6.07, 6.45) is -0.170. The number of nitrogens with zero attached hydrogens (tertiary/aromatic N) is 4. The fourth-order valence-corrected chi connectivity index (χ4v) is 7.41. The van der Waals surface area contributed by atoms with E-state index in [0.29, 0.717) is 17.6 Å². The summed E-state index contributed by atoms with van der Waals surface area (Å²) >= 11 is 7.82. The summed E-state index contributed by atoms with van der Waals surface area (Å²) in [7, 11) is -4.01. The normalized spacial score (nSPS) is 23.1. The van der Waals surface area contributed by atoms with Crippen LogP contribution in [0.1, 0.15) is 52.8 Å². The van der Waals surface area contributed by atoms with Crippen LogP contribution in [0.5, 0.6) is 0 Å². The van der Waals surface area contributed by atoms with Crippen LogP contribution in [0.3, 0.4) is 0 Å². The summed E-state index contributed by atoms with van der Waals surface area (Å²) in [4.78, 5) is 36.1. The first-order valence-electron chi connectivity index (χ1n) is 15.8. The Balaban J connectivity index is 1.36. The highest BCUT2D eigenvalue weighted by atomic mass is 35.5. The van der Waals surface area contributed by atoms with Crippen LogP contribution in [0.2, 0.25) is 0 Å². The van der Waals surface area contributed by atoms with Crippen molar-refractivity contribution >= 4 is 59.2 Å². The van der Waals surface area contributed by atoms with E-state index < -0.39 is 48.5 Å². The van der Waals surface area contributed by atoms with Crippen LogP contribution in [0.25, 0.3) is 11.2 Å². The van der Waals surface area contributed by atoms with Gasteiger partial charge in [-0.15, -0.1) is 11.6 Å². The number of thioether (sulfide) groups is 1. The Kier molecular flexibility index (Phi) is 13.2. The molecule has 1 aliphatic rings. The molecule has 18 heteroatoms. The van der Waals surface area contributed by atoms with Gasteiger partial charge in [-0.3, -0.25) is 23.2 Å². The Labute approximate surface area is 294 Å². The van der Waals surface area contributed by atoms with E-state index in [9.17, 15) is 19.3 Å². The standard InChI is InChI=1S/C31H45ClN7O8PS/c1-19(2)22(33)27(41)44-12-11-30(3,4)29(42)49-14-13-45-48(43,38-15-20-9-7-6-8-10-20)46-16-21-24(40)31(5,32)28(47-21)39-18-37-23-25(34)35-17-36-26(23)39/h6-10,17-19,21-22,24,28,40H,11-16,33H2,1-5H3,(H,38,43)(H2,34,35,36)/t21-,22?,24-,28-,31-,48?/m1/s1. The number of rotatable bonds is 17. The van der Waals surface area contributed by atoms with Gasteiger partial charge in [0.25, 0.3) is 0 Å². The van der Waals surface area contributed by atoms with Gasteiger partial charge in [0.05, 0.1) is 26.1 Å². The first kappa shape index (κ1) is 39.1. The maximum Gasteiger partial charge on any atom is 0.405 e. The minimum atomic E-state index is -4.01. The van der Waals surface area contributed by atoms with Crippen molar-refractivity contribution in [2.75, 3.05) is 31.3 Å². The number of ether oxygens (including phenoxy) is 2. The number of carbonyl (C=O) groups is 2. The Morgan fingerprint density at radius 1 is 1.20 bits per heavy atom. The van der Waals surface area contributed by atoms with Crippen molar-refractivity contribution in [3.05, 3.63) is 48.5 Å². The van der Waals surface area contributed by atoms with Gasteiger partial charge in [-0.05, 0) is 24.8 Å². The number of hydrogen-bond donors (Lipinski definition) is 4. The molecule has 1 fully saturated rings. The summed E-state index contributed by atoms with van der Waals surface area (Å²) < 4.78 is 38.5. The van der Waals surface area contributed by atoms with Crippen molar-refractivity contribution in [1.29, 1.82) is 0 Å². The first-order chi connectivity index (χ1) is 23.1. The molecule has 6 N–H and O–H groups in total. The molecule has 2 unspecified atom stereocenters. The third kappa shape index (κ3) is 9.78. The summed E-state index contributed by atoms with van der Waals surface area (Å²) in [6, 6.07) is 8.52. The number of alkyl halides is 1. The van der Waals surface area contributed by atoms with Crippen LogP contribution in [0.4, 0.5) is 5.82 Å². The molecule has 49 heavy (non-hydrogen) atoms. The van der Waals surface area contributed by atoms with Crippen LogP contribution < -0.4 is 16.6 Å². The minimum Gasteiger partial charge on any atom is -0.464 e. The molecule has 6 atom stereocenters. The number of aromatic nitrogens is 4. The lowest BCUT2D eigenvalue weighted by Gasteiger charge is -2.26. The van der Waals surface area contributed by atoms with Crippen LogP contribution in [-0.2, 0) is 39.2 Å². The van der Waals surface area contributed by atoms with Crippen molar-refractivity contribution in [2.24, 2.45) is 17.1 Å². The second-order valence-electron chi connectivity index (χ2n) is 12.9. The van der Waals surface area contributed by atoms with Gasteiger partial charge < -0.3 is 26.0 Å². The third-order valence-corrected chi connectivity index (χ3v) is 11.3. The van der Waals surface area contributed by atoms with Gasteiger partial charge in [0, 0.05) is 17.7 Å². The zero-order valence-corrected chi connectivity index (χ0v) is 30.6. The van der Waals surface area contributed by atoms with Crippen LogP contribution >= 0.6 is 31.1 Å². The van der Waals surface area contributed by atoms with Gasteiger partial charge in [0.2, 0.25) is 0 Å². The molecule has 3 heterocycles. The van der Waals surface area contributed by atoms with Gasteiger partial charge in [-0.25, -0.2) is 24.6 Å². The molecule has 270 valence electrons. The number of nitrogen functional groups attached to an aromatic ring is 1. The number of fused-ring (bicyclic) bond motifs is 1. The Morgan fingerprint density at radius 3 is 2.61 bits per heavy atom. The highest BCUT2D eigenvalue weighted by molar-refractivity contribution is 8.13. The molecule has 0 aliphatic carbocycles. The fraction of sp³-hybridized carbons (Fsp3) is 0.581. The SMILES string of the molecule is CC(C)C(N)C(=O)OCCC(C)(C)C(=O)SCCOP(=O)(NCc1ccccc1)OC[C@H]1O[C@@H](n2cnc3c(N)ncnc32)[C@](C)(Cl)[C@@H]1O. The molecule has 2 aromatic heterocycles. The predicted octanol–water partition coefficient (Wildman–Crippen LogP) is 3.80. The number of aliphatic hydroxyl groups is 1. The topological polar surface area (TPSA) is 216 Å². The zero-order chi connectivity index (χ0) is 36.0. The predicted molar refractivity (Wildman–Crippen MR) is 186 cm³/mol. The number of nitrogens with two attached hydrogens (primary N) is 2. The van der Waals surface area contributed by atoms with Gasteiger partial charge in [0.1, 0.15) is 35.0 Å². The molecule has 0 amide bonds. The summed E-state index contributed by atoms with van der Waals surface area (Å²) in [5.41, 5.74) is 12.5. The average Bonchev–Trinajstić information content (AvgIpc) is 3.59.